The fraction of sp³-hybridized carbons (Fsp3) is 0.167. The molecule has 0 amide bonds. The Balaban J connectivity index is 2.21. The fourth-order valence-electron chi connectivity index (χ4n) is 1.53. The molecule has 0 aliphatic rings. The van der Waals surface area contributed by atoms with Crippen molar-refractivity contribution < 1.29 is 13.5 Å². The minimum absolute atomic E-state index is 0.128. The zero-order valence-corrected chi connectivity index (χ0v) is 9.66. The zero-order chi connectivity index (χ0) is 12.3. The molecule has 1 heterocycles. The number of hydrogen-bond donors (Lipinski definition) is 1. The maximum Gasteiger partial charge on any atom is 0.387 e. The number of thiophene rings is 1. The van der Waals surface area contributed by atoms with Gasteiger partial charge in [0, 0.05) is 0 Å². The van der Waals surface area contributed by atoms with Gasteiger partial charge in [0.05, 0.1) is 6.04 Å². The Kier molecular flexibility index (Phi) is 3.71. The lowest BCUT2D eigenvalue weighted by atomic mass is 10.0. The summed E-state index contributed by atoms with van der Waals surface area (Å²) in [5, 5.41) is 3.86. The normalized spacial score (nSPS) is 12.7. The van der Waals surface area contributed by atoms with Crippen LogP contribution in [0.2, 0.25) is 0 Å². The monoisotopic (exact) mass is 255 g/mol. The lowest BCUT2D eigenvalue weighted by Gasteiger charge is -2.12. The van der Waals surface area contributed by atoms with E-state index in [2.05, 4.69) is 4.74 Å². The Morgan fingerprint density at radius 3 is 2.65 bits per heavy atom. The predicted octanol–water partition coefficient (Wildman–Crippen LogP) is 3.40. The Hall–Kier alpha value is -1.46. The van der Waals surface area contributed by atoms with Crippen LogP contribution in [-0.4, -0.2) is 6.61 Å². The SMILES string of the molecule is N[C@H](c1ccsc1)c1cccc(OC(F)F)c1. The summed E-state index contributed by atoms with van der Waals surface area (Å²) >= 11 is 1.55. The molecule has 1 atom stereocenters. The highest BCUT2D eigenvalue weighted by atomic mass is 32.1. The van der Waals surface area contributed by atoms with Crippen LogP contribution >= 0.6 is 11.3 Å². The van der Waals surface area contributed by atoms with E-state index in [9.17, 15) is 8.78 Å². The van der Waals surface area contributed by atoms with Crippen molar-refractivity contribution in [2.75, 3.05) is 0 Å². The van der Waals surface area contributed by atoms with Crippen LogP contribution in [0.25, 0.3) is 0 Å². The molecule has 17 heavy (non-hydrogen) atoms. The van der Waals surface area contributed by atoms with Crippen LogP contribution in [0.15, 0.2) is 41.1 Å². The molecule has 2 aromatic rings. The van der Waals surface area contributed by atoms with Crippen molar-refractivity contribution in [2.45, 2.75) is 12.7 Å². The largest absolute Gasteiger partial charge is 0.435 e. The molecule has 0 aliphatic carbocycles. The van der Waals surface area contributed by atoms with Crippen molar-refractivity contribution in [2.24, 2.45) is 5.73 Å². The van der Waals surface area contributed by atoms with Crippen LogP contribution in [0.4, 0.5) is 8.78 Å². The van der Waals surface area contributed by atoms with Gasteiger partial charge < -0.3 is 10.5 Å². The van der Waals surface area contributed by atoms with E-state index in [0.29, 0.717) is 0 Å². The van der Waals surface area contributed by atoms with Crippen LogP contribution < -0.4 is 10.5 Å². The fourth-order valence-corrected chi connectivity index (χ4v) is 2.23. The minimum atomic E-state index is -2.82. The molecule has 2 nitrogen and oxygen atoms in total. The Labute approximate surface area is 102 Å². The summed E-state index contributed by atoms with van der Waals surface area (Å²) < 4.78 is 28.5. The summed E-state index contributed by atoms with van der Waals surface area (Å²) in [6, 6.07) is 8.06. The number of alkyl halides is 2. The lowest BCUT2D eigenvalue weighted by molar-refractivity contribution is -0.0498. The van der Waals surface area contributed by atoms with Gasteiger partial charge in [-0.1, -0.05) is 12.1 Å². The highest BCUT2D eigenvalue weighted by Gasteiger charge is 2.11. The molecule has 1 aromatic carbocycles. The molecule has 0 saturated carbocycles. The number of hydrogen-bond acceptors (Lipinski definition) is 3. The van der Waals surface area contributed by atoms with Crippen LogP contribution in [0, 0.1) is 0 Å². The van der Waals surface area contributed by atoms with Gasteiger partial charge in [0.2, 0.25) is 0 Å². The molecule has 90 valence electrons. The van der Waals surface area contributed by atoms with Gasteiger partial charge in [-0.05, 0) is 40.1 Å². The highest BCUT2D eigenvalue weighted by Crippen LogP contribution is 2.25. The average molecular weight is 255 g/mol. The first kappa shape index (κ1) is 12.0. The second-order valence-corrected chi connectivity index (χ2v) is 4.27. The van der Waals surface area contributed by atoms with Gasteiger partial charge in [-0.25, -0.2) is 0 Å². The van der Waals surface area contributed by atoms with Crippen molar-refractivity contribution in [3.8, 4) is 5.75 Å². The van der Waals surface area contributed by atoms with E-state index >= 15 is 0 Å². The van der Waals surface area contributed by atoms with E-state index in [-0.39, 0.29) is 11.8 Å². The first-order valence-electron chi connectivity index (χ1n) is 4.99. The van der Waals surface area contributed by atoms with Crippen LogP contribution in [-0.2, 0) is 0 Å². The second kappa shape index (κ2) is 5.25. The molecule has 0 saturated heterocycles. The second-order valence-electron chi connectivity index (χ2n) is 3.49. The van der Waals surface area contributed by atoms with Crippen molar-refractivity contribution in [1.29, 1.82) is 0 Å². The van der Waals surface area contributed by atoms with E-state index in [1.165, 1.54) is 12.1 Å². The summed E-state index contributed by atoms with van der Waals surface area (Å²) in [6.45, 7) is -2.82. The molecular weight excluding hydrogens is 244 g/mol. The predicted molar refractivity (Wildman–Crippen MR) is 63.4 cm³/mol. The van der Waals surface area contributed by atoms with Crippen LogP contribution in [0.3, 0.4) is 0 Å². The van der Waals surface area contributed by atoms with E-state index in [1.54, 1.807) is 23.5 Å². The Morgan fingerprint density at radius 2 is 2.00 bits per heavy atom. The molecule has 0 fully saturated rings. The third-order valence-corrected chi connectivity index (χ3v) is 3.05. The number of halogens is 2. The highest BCUT2D eigenvalue weighted by molar-refractivity contribution is 7.08. The summed E-state index contributed by atoms with van der Waals surface area (Å²) in [4.78, 5) is 0. The van der Waals surface area contributed by atoms with Gasteiger partial charge in [0.1, 0.15) is 5.75 Å². The first-order valence-corrected chi connectivity index (χ1v) is 5.93. The minimum Gasteiger partial charge on any atom is -0.435 e. The standard InChI is InChI=1S/C12H11F2NOS/c13-12(14)16-10-3-1-2-8(6-10)11(15)9-4-5-17-7-9/h1-7,11-12H,15H2/t11-/m0/s1. The molecule has 5 heteroatoms. The third kappa shape index (κ3) is 3.01. The maximum atomic E-state index is 12.1. The van der Waals surface area contributed by atoms with E-state index in [4.69, 9.17) is 5.73 Å². The maximum absolute atomic E-state index is 12.1. The van der Waals surface area contributed by atoms with Gasteiger partial charge in [0.15, 0.2) is 0 Å². The number of ether oxygens (including phenoxy) is 1. The lowest BCUT2D eigenvalue weighted by Crippen LogP contribution is -2.11. The number of benzene rings is 1. The first-order chi connectivity index (χ1) is 8.16. The topological polar surface area (TPSA) is 35.2 Å². The van der Waals surface area contributed by atoms with Crippen molar-refractivity contribution >= 4 is 11.3 Å². The summed E-state index contributed by atoms with van der Waals surface area (Å²) in [7, 11) is 0. The summed E-state index contributed by atoms with van der Waals surface area (Å²) in [6.07, 6.45) is 0. The molecule has 0 bridgehead atoms. The number of nitrogens with two attached hydrogens (primary N) is 1. The zero-order valence-electron chi connectivity index (χ0n) is 8.85. The van der Waals surface area contributed by atoms with Crippen molar-refractivity contribution in [3.05, 3.63) is 52.2 Å². The van der Waals surface area contributed by atoms with Gasteiger partial charge in [0.25, 0.3) is 0 Å². The van der Waals surface area contributed by atoms with Gasteiger partial charge in [-0.3, -0.25) is 0 Å². The molecule has 1 aromatic heterocycles. The van der Waals surface area contributed by atoms with Crippen molar-refractivity contribution in [1.82, 2.24) is 0 Å². The van der Waals surface area contributed by atoms with Crippen LogP contribution in [0.5, 0.6) is 5.75 Å². The van der Waals surface area contributed by atoms with Gasteiger partial charge in [-0.2, -0.15) is 20.1 Å². The number of rotatable bonds is 4. The van der Waals surface area contributed by atoms with Crippen LogP contribution in [0.1, 0.15) is 17.2 Å². The average Bonchev–Trinajstić information content (AvgIpc) is 2.81. The molecular formula is C12H11F2NOS. The molecule has 0 aliphatic heterocycles. The molecule has 0 unspecified atom stereocenters. The van der Waals surface area contributed by atoms with Gasteiger partial charge >= 0.3 is 6.61 Å². The van der Waals surface area contributed by atoms with Crippen molar-refractivity contribution in [3.63, 3.8) is 0 Å². The Morgan fingerprint density at radius 1 is 1.18 bits per heavy atom. The van der Waals surface area contributed by atoms with E-state index < -0.39 is 6.61 Å². The molecule has 2 rings (SSSR count). The Bertz CT molecular complexity index is 473. The van der Waals surface area contributed by atoms with E-state index in [0.717, 1.165) is 11.1 Å². The third-order valence-electron chi connectivity index (χ3n) is 2.34. The van der Waals surface area contributed by atoms with Gasteiger partial charge in [-0.15, -0.1) is 0 Å². The summed E-state index contributed by atoms with van der Waals surface area (Å²) in [5.41, 5.74) is 7.74. The molecule has 2 N–H and O–H groups in total. The quantitative estimate of drug-likeness (QED) is 0.908. The van der Waals surface area contributed by atoms with E-state index in [1.807, 2.05) is 16.8 Å². The molecule has 0 spiro atoms. The molecule has 0 radical (unpaired) electrons. The smallest absolute Gasteiger partial charge is 0.387 e. The summed E-state index contributed by atoms with van der Waals surface area (Å²) in [5.74, 6) is 0.128.